The van der Waals surface area contributed by atoms with Gasteiger partial charge in [-0.3, -0.25) is 9.59 Å². The Hall–Kier alpha value is -3.15. The number of hydrogen-bond acceptors (Lipinski definition) is 4. The highest BCUT2D eigenvalue weighted by atomic mass is 16.5. The first kappa shape index (κ1) is 18.6. The third-order valence-electron chi connectivity index (χ3n) is 4.60. The number of aliphatic carboxylic acids is 1. The first-order valence-electron chi connectivity index (χ1n) is 8.80. The number of hydrazone groups is 1. The predicted octanol–water partition coefficient (Wildman–Crippen LogP) is 3.55. The van der Waals surface area contributed by atoms with Crippen LogP contribution in [0.25, 0.3) is 0 Å². The average molecular weight is 366 g/mol. The molecule has 1 heterocycles. The van der Waals surface area contributed by atoms with Crippen molar-refractivity contribution in [1.82, 2.24) is 5.01 Å². The smallest absolute Gasteiger partial charge is 0.303 e. The van der Waals surface area contributed by atoms with Crippen molar-refractivity contribution in [2.45, 2.75) is 32.2 Å². The lowest BCUT2D eigenvalue weighted by Gasteiger charge is -2.22. The summed E-state index contributed by atoms with van der Waals surface area (Å²) in [5.74, 6) is -0.526. The molecule has 3 rings (SSSR count). The van der Waals surface area contributed by atoms with Crippen LogP contribution in [-0.2, 0) is 9.59 Å². The second-order valence-corrected chi connectivity index (χ2v) is 6.54. The van der Waals surface area contributed by atoms with E-state index in [1.54, 1.807) is 7.11 Å². The molecule has 1 N–H and O–H groups in total. The van der Waals surface area contributed by atoms with Crippen molar-refractivity contribution in [2.24, 2.45) is 5.10 Å². The van der Waals surface area contributed by atoms with Gasteiger partial charge in [-0.15, -0.1) is 0 Å². The van der Waals surface area contributed by atoms with Crippen LogP contribution in [0, 0.1) is 6.92 Å². The Labute approximate surface area is 158 Å². The van der Waals surface area contributed by atoms with Gasteiger partial charge in [0, 0.05) is 12.8 Å². The topological polar surface area (TPSA) is 79.2 Å². The summed E-state index contributed by atoms with van der Waals surface area (Å²) in [4.78, 5) is 23.4. The van der Waals surface area contributed by atoms with Gasteiger partial charge in [0.2, 0.25) is 5.91 Å². The summed E-state index contributed by atoms with van der Waals surface area (Å²) in [6.07, 6.45) is 0.300. The van der Waals surface area contributed by atoms with Gasteiger partial charge < -0.3 is 9.84 Å². The lowest BCUT2D eigenvalue weighted by molar-refractivity contribution is -0.141. The molecule has 0 radical (unpaired) electrons. The zero-order valence-corrected chi connectivity index (χ0v) is 15.4. The van der Waals surface area contributed by atoms with Gasteiger partial charge in [-0.1, -0.05) is 29.8 Å². The van der Waals surface area contributed by atoms with Crippen molar-refractivity contribution in [3.8, 4) is 5.75 Å². The van der Waals surface area contributed by atoms with E-state index in [9.17, 15) is 9.59 Å². The Morgan fingerprint density at radius 2 is 1.78 bits per heavy atom. The monoisotopic (exact) mass is 366 g/mol. The Balaban J connectivity index is 1.88. The molecule has 1 aliphatic heterocycles. The third kappa shape index (κ3) is 4.34. The maximum Gasteiger partial charge on any atom is 0.303 e. The maximum atomic E-state index is 12.6. The largest absolute Gasteiger partial charge is 0.497 e. The zero-order valence-electron chi connectivity index (χ0n) is 15.4. The molecule has 0 saturated heterocycles. The molecule has 140 valence electrons. The number of benzene rings is 2. The van der Waals surface area contributed by atoms with Crippen molar-refractivity contribution in [2.75, 3.05) is 7.11 Å². The Bertz CT molecular complexity index is 857. The number of carboxylic acid groups (broad SMARTS) is 1. The van der Waals surface area contributed by atoms with Crippen molar-refractivity contribution in [3.63, 3.8) is 0 Å². The number of ether oxygens (including phenoxy) is 1. The highest BCUT2D eigenvalue weighted by Gasteiger charge is 2.33. The van der Waals surface area contributed by atoms with Crippen LogP contribution in [0.4, 0.5) is 0 Å². The molecule has 27 heavy (non-hydrogen) atoms. The van der Waals surface area contributed by atoms with Gasteiger partial charge in [-0.25, -0.2) is 5.01 Å². The summed E-state index contributed by atoms with van der Waals surface area (Å²) >= 11 is 0. The molecule has 1 amide bonds. The Morgan fingerprint density at radius 3 is 2.37 bits per heavy atom. The van der Waals surface area contributed by atoms with Crippen LogP contribution >= 0.6 is 0 Å². The molecular formula is C21H22N2O4. The average Bonchev–Trinajstić information content (AvgIpc) is 3.12. The summed E-state index contributed by atoms with van der Waals surface area (Å²) in [7, 11) is 1.61. The second-order valence-electron chi connectivity index (χ2n) is 6.54. The molecule has 0 aromatic heterocycles. The number of aryl methyl sites for hydroxylation is 1. The number of carboxylic acids is 1. The minimum Gasteiger partial charge on any atom is -0.497 e. The van der Waals surface area contributed by atoms with E-state index in [-0.39, 0.29) is 24.8 Å². The number of carbonyl (C=O) groups excluding carboxylic acids is 1. The fourth-order valence-corrected chi connectivity index (χ4v) is 3.07. The zero-order chi connectivity index (χ0) is 19.4. The van der Waals surface area contributed by atoms with Gasteiger partial charge in [0.15, 0.2) is 0 Å². The Morgan fingerprint density at radius 1 is 1.11 bits per heavy atom. The number of carbonyl (C=O) groups is 2. The molecule has 0 fully saturated rings. The minimum absolute atomic E-state index is 0.0723. The first-order valence-corrected chi connectivity index (χ1v) is 8.80. The molecule has 1 atom stereocenters. The lowest BCUT2D eigenvalue weighted by atomic mass is 9.97. The number of nitrogens with zero attached hydrogens (tertiary/aromatic N) is 2. The lowest BCUT2D eigenvalue weighted by Crippen LogP contribution is -2.27. The highest BCUT2D eigenvalue weighted by molar-refractivity contribution is 6.03. The molecule has 0 aliphatic carbocycles. The molecule has 2 aromatic carbocycles. The highest BCUT2D eigenvalue weighted by Crippen LogP contribution is 2.33. The summed E-state index contributed by atoms with van der Waals surface area (Å²) in [6, 6.07) is 15.3. The predicted molar refractivity (Wildman–Crippen MR) is 102 cm³/mol. The van der Waals surface area contributed by atoms with Crippen molar-refractivity contribution >= 4 is 17.6 Å². The van der Waals surface area contributed by atoms with Gasteiger partial charge >= 0.3 is 5.97 Å². The van der Waals surface area contributed by atoms with E-state index in [1.165, 1.54) is 5.01 Å². The van der Waals surface area contributed by atoms with E-state index < -0.39 is 5.97 Å². The van der Waals surface area contributed by atoms with Crippen LogP contribution in [0.3, 0.4) is 0 Å². The molecule has 6 nitrogen and oxygen atoms in total. The second kappa shape index (κ2) is 8.03. The van der Waals surface area contributed by atoms with Crippen LogP contribution in [0.15, 0.2) is 53.6 Å². The SMILES string of the molecule is COc1ccc(C2=NN(C(=O)CCC(=O)O)[C@@H](c3ccc(C)cc3)C2)cc1. The summed E-state index contributed by atoms with van der Waals surface area (Å²) in [5, 5.41) is 14.9. The third-order valence-corrected chi connectivity index (χ3v) is 4.60. The van der Waals surface area contributed by atoms with Gasteiger partial charge in [0.05, 0.1) is 25.3 Å². The van der Waals surface area contributed by atoms with Crippen molar-refractivity contribution in [1.29, 1.82) is 0 Å². The van der Waals surface area contributed by atoms with E-state index in [1.807, 2.05) is 55.5 Å². The van der Waals surface area contributed by atoms with Crippen LogP contribution in [-0.4, -0.2) is 34.8 Å². The standard InChI is InChI=1S/C21H22N2O4/c1-14-3-5-16(6-4-14)19-13-18(15-7-9-17(27-2)10-8-15)22-23(19)20(24)11-12-21(25)26/h3-10,19H,11-13H2,1-2H3,(H,25,26)/t19-/m1/s1. The van der Waals surface area contributed by atoms with E-state index in [0.717, 1.165) is 28.2 Å². The first-order chi connectivity index (χ1) is 13.0. The summed E-state index contributed by atoms with van der Waals surface area (Å²) in [6.45, 7) is 2.01. The summed E-state index contributed by atoms with van der Waals surface area (Å²) < 4.78 is 5.19. The molecule has 6 heteroatoms. The maximum absolute atomic E-state index is 12.6. The molecule has 0 saturated carbocycles. The van der Waals surface area contributed by atoms with Crippen LogP contribution in [0.2, 0.25) is 0 Å². The molecule has 0 spiro atoms. The molecule has 0 unspecified atom stereocenters. The van der Waals surface area contributed by atoms with Gasteiger partial charge in [-0.05, 0) is 42.3 Å². The number of hydrogen-bond donors (Lipinski definition) is 1. The Kier molecular flexibility index (Phi) is 5.54. The molecule has 2 aromatic rings. The van der Waals surface area contributed by atoms with Gasteiger partial charge in [0.1, 0.15) is 5.75 Å². The normalized spacial score (nSPS) is 16.1. The quantitative estimate of drug-likeness (QED) is 0.848. The van der Waals surface area contributed by atoms with Crippen LogP contribution in [0.1, 0.15) is 42.0 Å². The van der Waals surface area contributed by atoms with Crippen molar-refractivity contribution in [3.05, 3.63) is 65.2 Å². The van der Waals surface area contributed by atoms with Crippen molar-refractivity contribution < 1.29 is 19.4 Å². The van der Waals surface area contributed by atoms with E-state index in [2.05, 4.69) is 5.10 Å². The minimum atomic E-state index is -0.992. The molecular weight excluding hydrogens is 344 g/mol. The number of methoxy groups -OCH3 is 1. The number of rotatable bonds is 6. The van der Waals surface area contributed by atoms with Gasteiger partial charge in [-0.2, -0.15) is 5.10 Å². The van der Waals surface area contributed by atoms with E-state index >= 15 is 0 Å². The van der Waals surface area contributed by atoms with Gasteiger partial charge in [0.25, 0.3) is 0 Å². The van der Waals surface area contributed by atoms with Crippen LogP contribution < -0.4 is 4.74 Å². The van der Waals surface area contributed by atoms with E-state index in [0.29, 0.717) is 6.42 Å². The fraction of sp³-hybridized carbons (Fsp3) is 0.286. The number of amides is 1. The molecule has 1 aliphatic rings. The molecule has 0 bridgehead atoms. The fourth-order valence-electron chi connectivity index (χ4n) is 3.07. The van der Waals surface area contributed by atoms with Crippen LogP contribution in [0.5, 0.6) is 5.75 Å². The summed E-state index contributed by atoms with van der Waals surface area (Å²) in [5.41, 5.74) is 3.83. The van der Waals surface area contributed by atoms with E-state index in [4.69, 9.17) is 9.84 Å².